The topological polar surface area (TPSA) is 83.9 Å². The fourth-order valence-electron chi connectivity index (χ4n) is 3.77. The number of nitrogens with zero attached hydrogens (tertiary/aromatic N) is 5. The van der Waals surface area contributed by atoms with Crippen LogP contribution in [-0.4, -0.2) is 50.3 Å². The van der Waals surface area contributed by atoms with Crippen LogP contribution in [0.15, 0.2) is 60.8 Å². The van der Waals surface area contributed by atoms with E-state index in [-0.39, 0.29) is 17.5 Å². The lowest BCUT2D eigenvalue weighted by Gasteiger charge is -2.39. The molecule has 32 heavy (non-hydrogen) atoms. The van der Waals surface area contributed by atoms with Gasteiger partial charge in [0.1, 0.15) is 11.6 Å². The summed E-state index contributed by atoms with van der Waals surface area (Å²) in [6.45, 7) is 0.892. The number of fused-ring (bicyclic) bond motifs is 1. The molecule has 5 rings (SSSR count). The van der Waals surface area contributed by atoms with Gasteiger partial charge in [0, 0.05) is 30.3 Å². The van der Waals surface area contributed by atoms with Crippen LogP contribution in [0.1, 0.15) is 21.6 Å². The van der Waals surface area contributed by atoms with Crippen molar-refractivity contribution >= 4 is 34.1 Å². The summed E-state index contributed by atoms with van der Waals surface area (Å²) in [5, 5.41) is 21.5. The number of aromatic nitrogens is 4. The second-order valence-electron chi connectivity index (χ2n) is 7.66. The minimum Gasteiger partial charge on any atom is -0.362 e. The molecule has 1 aliphatic heterocycles. The molecule has 160 valence electrons. The minimum atomic E-state index is -0.539. The number of nitrogens with one attached hydrogen (secondary N) is 1. The molecule has 0 spiro atoms. The smallest absolute Gasteiger partial charge is 0.256 e. The Labute approximate surface area is 188 Å². The summed E-state index contributed by atoms with van der Waals surface area (Å²) in [5.74, 6) is -0.299. The number of benzene rings is 2. The first-order valence-corrected chi connectivity index (χ1v) is 10.5. The molecular weight excluding hydrogens is 431 g/mol. The highest BCUT2D eigenvalue weighted by atomic mass is 35.5. The van der Waals surface area contributed by atoms with E-state index in [0.717, 1.165) is 22.0 Å². The highest BCUT2D eigenvalue weighted by molar-refractivity contribution is 6.29. The number of halogens is 2. The van der Waals surface area contributed by atoms with E-state index in [9.17, 15) is 9.18 Å². The van der Waals surface area contributed by atoms with E-state index < -0.39 is 5.82 Å². The van der Waals surface area contributed by atoms with Gasteiger partial charge in [-0.05, 0) is 29.8 Å². The molecule has 0 radical (unpaired) electrons. The van der Waals surface area contributed by atoms with Crippen molar-refractivity contribution in [2.75, 3.05) is 18.4 Å². The molecule has 1 aliphatic rings. The maximum atomic E-state index is 14.5. The van der Waals surface area contributed by atoms with Crippen molar-refractivity contribution in [2.45, 2.75) is 12.5 Å². The second kappa shape index (κ2) is 8.47. The van der Waals surface area contributed by atoms with Gasteiger partial charge in [-0.3, -0.25) is 4.79 Å². The molecule has 1 N–H and O–H groups in total. The lowest BCUT2D eigenvalue weighted by Crippen LogP contribution is -2.57. The van der Waals surface area contributed by atoms with E-state index in [0.29, 0.717) is 30.5 Å². The van der Waals surface area contributed by atoms with Crippen molar-refractivity contribution in [3.63, 3.8) is 0 Å². The quantitative estimate of drug-likeness (QED) is 0.500. The zero-order chi connectivity index (χ0) is 22.1. The molecule has 0 unspecified atom stereocenters. The minimum absolute atomic E-state index is 0.0200. The van der Waals surface area contributed by atoms with E-state index in [4.69, 9.17) is 11.6 Å². The van der Waals surface area contributed by atoms with Crippen LogP contribution in [0.3, 0.4) is 0 Å². The van der Waals surface area contributed by atoms with Gasteiger partial charge < -0.3 is 10.2 Å². The zero-order valence-electron chi connectivity index (χ0n) is 16.9. The molecule has 1 fully saturated rings. The van der Waals surface area contributed by atoms with Crippen LogP contribution in [0.2, 0.25) is 5.15 Å². The van der Waals surface area contributed by atoms with Crippen molar-refractivity contribution in [1.82, 2.24) is 25.3 Å². The molecule has 3 heterocycles. The Hall–Kier alpha value is -3.65. The SMILES string of the molecule is O=C(c1cc(Cc2nncc3ccccc23)ccc1F)N1CC(Nc2ccc(Cl)nn2)C1. The third kappa shape index (κ3) is 4.09. The third-order valence-electron chi connectivity index (χ3n) is 5.43. The van der Waals surface area contributed by atoms with Crippen LogP contribution in [0.5, 0.6) is 0 Å². The summed E-state index contributed by atoms with van der Waals surface area (Å²) in [6.07, 6.45) is 2.16. The van der Waals surface area contributed by atoms with Crippen LogP contribution in [-0.2, 0) is 6.42 Å². The van der Waals surface area contributed by atoms with Crippen molar-refractivity contribution in [3.8, 4) is 0 Å². The third-order valence-corrected chi connectivity index (χ3v) is 5.63. The molecular formula is C23H18ClFN6O. The summed E-state index contributed by atoms with van der Waals surface area (Å²) >= 11 is 5.74. The first-order chi connectivity index (χ1) is 15.6. The van der Waals surface area contributed by atoms with E-state index in [1.54, 1.807) is 35.4 Å². The van der Waals surface area contributed by atoms with Crippen molar-refractivity contribution in [1.29, 1.82) is 0 Å². The van der Waals surface area contributed by atoms with Crippen LogP contribution in [0.4, 0.5) is 10.2 Å². The Bertz CT molecular complexity index is 1290. The van der Waals surface area contributed by atoms with Crippen LogP contribution >= 0.6 is 11.6 Å². The normalized spacial score (nSPS) is 13.8. The highest BCUT2D eigenvalue weighted by Gasteiger charge is 2.32. The van der Waals surface area contributed by atoms with E-state index in [1.807, 2.05) is 24.3 Å². The summed E-state index contributed by atoms with van der Waals surface area (Å²) < 4.78 is 14.5. The highest BCUT2D eigenvalue weighted by Crippen LogP contribution is 2.22. The van der Waals surface area contributed by atoms with E-state index in [2.05, 4.69) is 25.7 Å². The number of hydrogen-bond acceptors (Lipinski definition) is 6. The maximum absolute atomic E-state index is 14.5. The maximum Gasteiger partial charge on any atom is 0.256 e. The number of likely N-dealkylation sites (tertiary alicyclic amines) is 1. The molecule has 2 aromatic heterocycles. The molecule has 2 aromatic carbocycles. The van der Waals surface area contributed by atoms with Gasteiger partial charge in [0.15, 0.2) is 5.15 Å². The molecule has 0 aliphatic carbocycles. The van der Waals surface area contributed by atoms with E-state index in [1.165, 1.54) is 6.07 Å². The van der Waals surface area contributed by atoms with Crippen molar-refractivity contribution < 1.29 is 9.18 Å². The predicted octanol–water partition coefficient (Wildman–Crippen LogP) is 3.74. The summed E-state index contributed by atoms with van der Waals surface area (Å²) in [4.78, 5) is 14.5. The average molecular weight is 449 g/mol. The van der Waals surface area contributed by atoms with Gasteiger partial charge >= 0.3 is 0 Å². The molecule has 1 saturated heterocycles. The van der Waals surface area contributed by atoms with Gasteiger partial charge in [0.25, 0.3) is 5.91 Å². The number of rotatable bonds is 5. The van der Waals surface area contributed by atoms with Gasteiger partial charge in [-0.15, -0.1) is 10.2 Å². The molecule has 1 amide bonds. The summed E-state index contributed by atoms with van der Waals surface area (Å²) in [6, 6.07) is 15.8. The monoisotopic (exact) mass is 448 g/mol. The van der Waals surface area contributed by atoms with Gasteiger partial charge in [-0.2, -0.15) is 10.2 Å². The van der Waals surface area contributed by atoms with Gasteiger partial charge in [-0.25, -0.2) is 4.39 Å². The van der Waals surface area contributed by atoms with Gasteiger partial charge in [0.05, 0.1) is 23.5 Å². The van der Waals surface area contributed by atoms with Crippen molar-refractivity contribution in [3.05, 3.63) is 88.6 Å². The summed E-state index contributed by atoms with van der Waals surface area (Å²) in [5.41, 5.74) is 1.64. The molecule has 4 aromatic rings. The lowest BCUT2D eigenvalue weighted by molar-refractivity contribution is 0.0620. The molecule has 0 atom stereocenters. The first-order valence-electron chi connectivity index (χ1n) is 10.1. The van der Waals surface area contributed by atoms with E-state index >= 15 is 0 Å². The van der Waals surface area contributed by atoms with Crippen molar-refractivity contribution in [2.24, 2.45) is 0 Å². The number of carbonyl (C=O) groups is 1. The Morgan fingerprint density at radius 2 is 1.94 bits per heavy atom. The Kier molecular flexibility index (Phi) is 5.36. The van der Waals surface area contributed by atoms with Crippen LogP contribution in [0.25, 0.3) is 10.8 Å². The molecule has 7 nitrogen and oxygen atoms in total. The largest absolute Gasteiger partial charge is 0.362 e. The van der Waals surface area contributed by atoms with Crippen LogP contribution in [0, 0.1) is 5.82 Å². The fraction of sp³-hybridized carbons (Fsp3) is 0.174. The Balaban J connectivity index is 1.29. The zero-order valence-corrected chi connectivity index (χ0v) is 17.6. The number of amides is 1. The number of carbonyl (C=O) groups excluding carboxylic acids is 1. The lowest BCUT2D eigenvalue weighted by atomic mass is 10.0. The standard InChI is InChI=1S/C23H18ClFN6O/c24-21-7-8-22(30-29-21)27-16-12-31(13-16)23(32)18-9-14(5-6-19(18)25)10-20-17-4-2-1-3-15(17)11-26-28-20/h1-9,11,16H,10,12-13H2,(H,27,30). The van der Waals surface area contributed by atoms with Gasteiger partial charge in [-0.1, -0.05) is 41.9 Å². The number of anilines is 1. The second-order valence-corrected chi connectivity index (χ2v) is 8.05. The number of hydrogen-bond donors (Lipinski definition) is 1. The summed E-state index contributed by atoms with van der Waals surface area (Å²) in [7, 11) is 0. The predicted molar refractivity (Wildman–Crippen MR) is 119 cm³/mol. The van der Waals surface area contributed by atoms with Gasteiger partial charge in [0.2, 0.25) is 0 Å². The molecule has 0 saturated carbocycles. The Morgan fingerprint density at radius 3 is 2.75 bits per heavy atom. The molecule has 9 heteroatoms. The van der Waals surface area contributed by atoms with Crippen LogP contribution < -0.4 is 5.32 Å². The average Bonchev–Trinajstić information content (AvgIpc) is 2.78. The first kappa shape index (κ1) is 20.3. The molecule has 0 bridgehead atoms. The fourth-order valence-corrected chi connectivity index (χ4v) is 3.87. The Morgan fingerprint density at radius 1 is 1.09 bits per heavy atom.